The lowest BCUT2D eigenvalue weighted by Gasteiger charge is -2.01. The van der Waals surface area contributed by atoms with Gasteiger partial charge in [-0.2, -0.15) is 5.10 Å². The lowest BCUT2D eigenvalue weighted by molar-refractivity contribution is 0.724. The Hall–Kier alpha value is -2.10. The molecule has 1 rings (SSSR count). The van der Waals surface area contributed by atoms with E-state index in [9.17, 15) is 0 Å². The number of benzene rings is 1. The first-order chi connectivity index (χ1) is 9.22. The normalized spacial score (nSPS) is 11.7. The van der Waals surface area contributed by atoms with Crippen molar-refractivity contribution in [3.8, 4) is 0 Å². The largest absolute Gasteiger partial charge is 0.369 e. The van der Waals surface area contributed by atoms with Gasteiger partial charge in [0.25, 0.3) is 0 Å². The van der Waals surface area contributed by atoms with Crippen LogP contribution in [0.25, 0.3) is 6.08 Å². The number of unbranched alkanes of at least 4 members (excludes halogenated alkanes) is 2. The lowest BCUT2D eigenvalue weighted by Crippen LogP contribution is -2.21. The highest BCUT2D eigenvalue weighted by molar-refractivity contribution is 5.86. The van der Waals surface area contributed by atoms with Gasteiger partial charge in [-0.3, -0.25) is 0 Å². The third-order valence-corrected chi connectivity index (χ3v) is 2.62. The van der Waals surface area contributed by atoms with Crippen molar-refractivity contribution in [1.29, 1.82) is 0 Å². The SMILES string of the molecule is CCCCCC(=C/c1ccccc1)/C=N/N=C(N)N. The van der Waals surface area contributed by atoms with E-state index in [1.807, 2.05) is 18.2 Å². The molecule has 0 aromatic heterocycles. The van der Waals surface area contributed by atoms with E-state index in [2.05, 4.69) is 35.3 Å². The highest BCUT2D eigenvalue weighted by Gasteiger charge is 1.96. The second-order valence-corrected chi connectivity index (χ2v) is 4.36. The van der Waals surface area contributed by atoms with Crippen LogP contribution in [0.2, 0.25) is 0 Å². The molecule has 0 saturated carbocycles. The first-order valence-electron chi connectivity index (χ1n) is 6.60. The number of rotatable bonds is 7. The summed E-state index contributed by atoms with van der Waals surface area (Å²) in [6.45, 7) is 2.19. The Balaban J connectivity index is 2.76. The zero-order valence-electron chi connectivity index (χ0n) is 11.4. The highest BCUT2D eigenvalue weighted by atomic mass is 15.3. The van der Waals surface area contributed by atoms with Crippen LogP contribution in [0.1, 0.15) is 38.2 Å². The molecule has 0 heterocycles. The van der Waals surface area contributed by atoms with E-state index in [0.717, 1.165) is 24.0 Å². The topological polar surface area (TPSA) is 76.8 Å². The Kier molecular flexibility index (Phi) is 7.02. The van der Waals surface area contributed by atoms with Gasteiger partial charge in [-0.05, 0) is 24.0 Å². The lowest BCUT2D eigenvalue weighted by atomic mass is 10.1. The predicted molar refractivity (Wildman–Crippen MR) is 82.9 cm³/mol. The van der Waals surface area contributed by atoms with Crippen molar-refractivity contribution in [3.63, 3.8) is 0 Å². The van der Waals surface area contributed by atoms with E-state index in [-0.39, 0.29) is 5.96 Å². The van der Waals surface area contributed by atoms with Gasteiger partial charge in [0, 0.05) is 0 Å². The fraction of sp³-hybridized carbons (Fsp3) is 0.333. The van der Waals surface area contributed by atoms with Crippen LogP contribution >= 0.6 is 0 Å². The van der Waals surface area contributed by atoms with Gasteiger partial charge in [-0.15, -0.1) is 5.10 Å². The second-order valence-electron chi connectivity index (χ2n) is 4.36. The molecule has 4 N–H and O–H groups in total. The highest BCUT2D eigenvalue weighted by Crippen LogP contribution is 2.12. The van der Waals surface area contributed by atoms with Gasteiger partial charge in [0.2, 0.25) is 5.96 Å². The summed E-state index contributed by atoms with van der Waals surface area (Å²) < 4.78 is 0. The quantitative estimate of drug-likeness (QED) is 0.341. The fourth-order valence-electron chi connectivity index (χ4n) is 1.69. The average Bonchev–Trinajstić information content (AvgIpc) is 2.39. The van der Waals surface area contributed by atoms with Crippen LogP contribution in [0.4, 0.5) is 0 Å². The number of nitrogens with zero attached hydrogens (tertiary/aromatic N) is 2. The maximum absolute atomic E-state index is 5.25. The van der Waals surface area contributed by atoms with Crippen LogP contribution < -0.4 is 11.5 Å². The molecule has 0 radical (unpaired) electrons. The molecule has 4 heteroatoms. The molecule has 1 aromatic carbocycles. The Morgan fingerprint density at radius 3 is 2.53 bits per heavy atom. The van der Waals surface area contributed by atoms with E-state index < -0.39 is 0 Å². The number of allylic oxidation sites excluding steroid dienone is 1. The van der Waals surface area contributed by atoms with Crippen LogP contribution in [-0.2, 0) is 0 Å². The summed E-state index contributed by atoms with van der Waals surface area (Å²) in [5.74, 6) is -0.0242. The van der Waals surface area contributed by atoms with Crippen molar-refractivity contribution in [3.05, 3.63) is 41.5 Å². The molecule has 0 unspecified atom stereocenters. The first kappa shape index (κ1) is 15.0. The van der Waals surface area contributed by atoms with Gasteiger partial charge >= 0.3 is 0 Å². The van der Waals surface area contributed by atoms with Crippen LogP contribution in [0.3, 0.4) is 0 Å². The molecular formula is C15H22N4. The maximum Gasteiger partial charge on any atom is 0.211 e. The Labute approximate surface area is 114 Å². The molecule has 0 amide bonds. The Bertz CT molecular complexity index is 442. The molecule has 0 aliphatic heterocycles. The Morgan fingerprint density at radius 1 is 1.16 bits per heavy atom. The summed E-state index contributed by atoms with van der Waals surface area (Å²) in [5, 5.41) is 7.53. The number of guanidine groups is 1. The predicted octanol–water partition coefficient (Wildman–Crippen LogP) is 2.91. The van der Waals surface area contributed by atoms with Crippen LogP contribution in [0, 0.1) is 0 Å². The molecule has 102 valence electrons. The third-order valence-electron chi connectivity index (χ3n) is 2.62. The minimum atomic E-state index is -0.0242. The van der Waals surface area contributed by atoms with E-state index in [1.54, 1.807) is 6.21 Å². The zero-order valence-corrected chi connectivity index (χ0v) is 11.4. The van der Waals surface area contributed by atoms with Crippen LogP contribution in [0.5, 0.6) is 0 Å². The van der Waals surface area contributed by atoms with Crippen LogP contribution in [-0.4, -0.2) is 12.2 Å². The molecule has 1 aromatic rings. The summed E-state index contributed by atoms with van der Waals surface area (Å²) >= 11 is 0. The van der Waals surface area contributed by atoms with E-state index in [0.29, 0.717) is 0 Å². The number of hydrogen-bond donors (Lipinski definition) is 2. The monoisotopic (exact) mass is 258 g/mol. The van der Waals surface area contributed by atoms with Gasteiger partial charge in [-0.1, -0.05) is 56.2 Å². The zero-order chi connectivity index (χ0) is 13.9. The van der Waals surface area contributed by atoms with Crippen molar-refractivity contribution >= 4 is 18.3 Å². The summed E-state index contributed by atoms with van der Waals surface area (Å²) in [4.78, 5) is 0. The van der Waals surface area contributed by atoms with Crippen molar-refractivity contribution in [1.82, 2.24) is 0 Å². The van der Waals surface area contributed by atoms with Gasteiger partial charge in [0.1, 0.15) is 0 Å². The minimum Gasteiger partial charge on any atom is -0.369 e. The number of hydrogen-bond acceptors (Lipinski definition) is 2. The van der Waals surface area contributed by atoms with Crippen molar-refractivity contribution < 1.29 is 0 Å². The molecule has 0 spiro atoms. The van der Waals surface area contributed by atoms with Crippen molar-refractivity contribution in [2.24, 2.45) is 21.7 Å². The molecule has 19 heavy (non-hydrogen) atoms. The summed E-state index contributed by atoms with van der Waals surface area (Å²) in [6, 6.07) is 10.2. The third kappa shape index (κ3) is 7.03. The van der Waals surface area contributed by atoms with Crippen molar-refractivity contribution in [2.45, 2.75) is 32.6 Å². The fourth-order valence-corrected chi connectivity index (χ4v) is 1.69. The number of nitrogens with two attached hydrogens (primary N) is 2. The molecule has 0 aliphatic carbocycles. The minimum absolute atomic E-state index is 0.0242. The average molecular weight is 258 g/mol. The molecule has 0 saturated heterocycles. The van der Waals surface area contributed by atoms with Gasteiger partial charge in [0.15, 0.2) is 0 Å². The van der Waals surface area contributed by atoms with E-state index in [1.165, 1.54) is 12.8 Å². The van der Waals surface area contributed by atoms with Crippen molar-refractivity contribution in [2.75, 3.05) is 0 Å². The molecule has 4 nitrogen and oxygen atoms in total. The molecule has 0 fully saturated rings. The molecule has 0 aliphatic rings. The summed E-state index contributed by atoms with van der Waals surface area (Å²) in [6.07, 6.45) is 8.37. The van der Waals surface area contributed by atoms with E-state index in [4.69, 9.17) is 11.5 Å². The Morgan fingerprint density at radius 2 is 1.89 bits per heavy atom. The summed E-state index contributed by atoms with van der Waals surface area (Å²) in [5.41, 5.74) is 12.8. The van der Waals surface area contributed by atoms with Gasteiger partial charge < -0.3 is 11.5 Å². The van der Waals surface area contributed by atoms with Crippen LogP contribution in [0.15, 0.2) is 46.1 Å². The van der Waals surface area contributed by atoms with Gasteiger partial charge in [0.05, 0.1) is 6.21 Å². The smallest absolute Gasteiger partial charge is 0.211 e. The summed E-state index contributed by atoms with van der Waals surface area (Å²) in [7, 11) is 0. The van der Waals surface area contributed by atoms with E-state index >= 15 is 0 Å². The first-order valence-corrected chi connectivity index (χ1v) is 6.60. The maximum atomic E-state index is 5.25. The standard InChI is InChI=1S/C15H22N4/c1-2-3-5-10-14(12-18-19-15(16)17)11-13-8-6-4-7-9-13/h4,6-9,11-12H,2-3,5,10H2,1H3,(H4,16,17,19)/b14-11-,18-12+. The van der Waals surface area contributed by atoms with Gasteiger partial charge in [-0.25, -0.2) is 0 Å². The molecular weight excluding hydrogens is 236 g/mol. The molecule has 0 bridgehead atoms. The second kappa shape index (κ2) is 8.91. The molecule has 0 atom stereocenters.